The summed E-state index contributed by atoms with van der Waals surface area (Å²) in [5, 5.41) is 2.14. The highest BCUT2D eigenvalue weighted by atomic mass is 35.5. The van der Waals surface area contributed by atoms with Crippen molar-refractivity contribution in [2.24, 2.45) is 0 Å². The van der Waals surface area contributed by atoms with E-state index in [4.69, 9.17) is 23.2 Å². The summed E-state index contributed by atoms with van der Waals surface area (Å²) in [6, 6.07) is 14.0. The molecule has 0 unspecified atom stereocenters. The second kappa shape index (κ2) is 8.69. The van der Waals surface area contributed by atoms with Gasteiger partial charge < -0.3 is 9.47 Å². The van der Waals surface area contributed by atoms with E-state index in [-0.39, 0.29) is 17.5 Å². The first kappa shape index (κ1) is 22.6. The van der Waals surface area contributed by atoms with Gasteiger partial charge in [-0.25, -0.2) is 0 Å². The Morgan fingerprint density at radius 3 is 2.17 bits per heavy atom. The molecule has 0 bridgehead atoms. The Hall–Kier alpha value is -2.82. The van der Waals surface area contributed by atoms with Gasteiger partial charge in [0.05, 0.1) is 10.0 Å². The summed E-state index contributed by atoms with van der Waals surface area (Å²) >= 11 is 12.4. The number of hydrogen-bond donors (Lipinski definition) is 0. The lowest BCUT2D eigenvalue weighted by atomic mass is 9.71. The van der Waals surface area contributed by atoms with E-state index in [0.717, 1.165) is 70.3 Å². The SMILES string of the molecule is CN1C2=C(C(=O)CCC2)C(c2cn(Cc3ccc(Cl)c(Cl)c3)c3ccccc23)C2=C1CCCC2=O. The van der Waals surface area contributed by atoms with E-state index in [2.05, 4.69) is 27.8 Å². The molecule has 1 aliphatic heterocycles. The second-order valence-electron chi connectivity index (χ2n) is 9.74. The van der Waals surface area contributed by atoms with Crippen molar-refractivity contribution in [2.45, 2.75) is 51.0 Å². The average molecular weight is 505 g/mol. The first-order valence-electron chi connectivity index (χ1n) is 12.2. The number of carbonyl (C=O) groups is 2. The third kappa shape index (κ3) is 3.66. The number of rotatable bonds is 3. The Bertz CT molecular complexity index is 1420. The number of para-hydroxylation sites is 1. The van der Waals surface area contributed by atoms with Gasteiger partial charge in [-0.3, -0.25) is 9.59 Å². The van der Waals surface area contributed by atoms with Crippen LogP contribution < -0.4 is 0 Å². The van der Waals surface area contributed by atoms with Gasteiger partial charge in [-0.1, -0.05) is 47.5 Å². The zero-order valence-electron chi connectivity index (χ0n) is 19.6. The molecular weight excluding hydrogens is 479 g/mol. The second-order valence-corrected chi connectivity index (χ2v) is 10.6. The molecule has 0 atom stereocenters. The van der Waals surface area contributed by atoms with Crippen LogP contribution in [-0.2, 0) is 16.1 Å². The number of allylic oxidation sites excluding steroid dienone is 4. The molecule has 0 radical (unpaired) electrons. The maximum Gasteiger partial charge on any atom is 0.161 e. The van der Waals surface area contributed by atoms with Crippen molar-refractivity contribution < 1.29 is 9.59 Å². The van der Waals surface area contributed by atoms with Crippen molar-refractivity contribution in [1.82, 2.24) is 9.47 Å². The van der Waals surface area contributed by atoms with Crippen LogP contribution in [-0.4, -0.2) is 28.1 Å². The molecule has 0 spiro atoms. The van der Waals surface area contributed by atoms with E-state index in [0.29, 0.717) is 29.4 Å². The van der Waals surface area contributed by atoms with Gasteiger partial charge in [-0.15, -0.1) is 0 Å². The summed E-state index contributed by atoms with van der Waals surface area (Å²) in [5.41, 5.74) is 7.00. The molecule has 2 heterocycles. The summed E-state index contributed by atoms with van der Waals surface area (Å²) in [4.78, 5) is 28.9. The summed E-state index contributed by atoms with van der Waals surface area (Å²) in [7, 11) is 2.03. The van der Waals surface area contributed by atoms with Crippen LogP contribution in [0.4, 0.5) is 0 Å². The van der Waals surface area contributed by atoms with Crippen LogP contribution in [0.3, 0.4) is 0 Å². The fraction of sp³-hybridized carbons (Fsp3) is 0.310. The molecular formula is C29H26Cl2N2O2. The van der Waals surface area contributed by atoms with E-state index in [9.17, 15) is 9.59 Å². The van der Waals surface area contributed by atoms with Crippen molar-refractivity contribution in [1.29, 1.82) is 0 Å². The lowest BCUT2D eigenvalue weighted by Gasteiger charge is -2.42. The third-order valence-electron chi connectivity index (χ3n) is 7.71. The molecule has 0 saturated carbocycles. The van der Waals surface area contributed by atoms with E-state index >= 15 is 0 Å². The molecule has 3 aromatic rings. The van der Waals surface area contributed by atoms with Gasteiger partial charge in [-0.05, 0) is 55.0 Å². The minimum atomic E-state index is -0.309. The number of aromatic nitrogens is 1. The third-order valence-corrected chi connectivity index (χ3v) is 8.45. The molecule has 0 fully saturated rings. The number of halogens is 2. The molecule has 35 heavy (non-hydrogen) atoms. The number of nitrogens with zero attached hydrogens (tertiary/aromatic N) is 2. The van der Waals surface area contributed by atoms with Gasteiger partial charge in [0.2, 0.25) is 0 Å². The fourth-order valence-electron chi connectivity index (χ4n) is 6.13. The predicted octanol–water partition coefficient (Wildman–Crippen LogP) is 7.04. The predicted molar refractivity (Wildman–Crippen MR) is 140 cm³/mol. The van der Waals surface area contributed by atoms with Crippen molar-refractivity contribution in [2.75, 3.05) is 7.05 Å². The molecule has 178 valence electrons. The van der Waals surface area contributed by atoms with E-state index in [1.807, 2.05) is 37.4 Å². The van der Waals surface area contributed by atoms with Crippen LogP contribution in [0.15, 0.2) is 71.2 Å². The van der Waals surface area contributed by atoms with E-state index in [1.165, 1.54) is 0 Å². The molecule has 1 aromatic heterocycles. The standard InChI is InChI=1S/C29H26Cl2N2O2/c1-32-23-8-4-10-25(34)28(23)27(29-24(32)9-5-11-26(29)35)19-16-33(22-7-3-2-6-18(19)22)15-17-12-13-20(30)21(31)14-17/h2-3,6-7,12-14,16,27H,4-5,8-11,15H2,1H3. The van der Waals surface area contributed by atoms with Gasteiger partial charge in [0.25, 0.3) is 0 Å². The number of fused-ring (bicyclic) bond motifs is 1. The van der Waals surface area contributed by atoms with Gasteiger partial charge in [-0.2, -0.15) is 0 Å². The number of carbonyl (C=O) groups excluding carboxylic acids is 2. The zero-order chi connectivity index (χ0) is 24.3. The normalized spacial score (nSPS) is 19.0. The molecule has 0 saturated heterocycles. The minimum absolute atomic E-state index is 0.175. The smallest absolute Gasteiger partial charge is 0.161 e. The Balaban J connectivity index is 1.56. The zero-order valence-corrected chi connectivity index (χ0v) is 21.1. The molecule has 2 aliphatic carbocycles. The first-order chi connectivity index (χ1) is 16.9. The fourth-order valence-corrected chi connectivity index (χ4v) is 6.45. The van der Waals surface area contributed by atoms with E-state index in [1.54, 1.807) is 0 Å². The molecule has 3 aliphatic rings. The average Bonchev–Trinajstić information content (AvgIpc) is 3.21. The topological polar surface area (TPSA) is 42.3 Å². The molecule has 6 rings (SSSR count). The number of ketones is 2. The van der Waals surface area contributed by atoms with Crippen LogP contribution in [0.25, 0.3) is 10.9 Å². The van der Waals surface area contributed by atoms with Gasteiger partial charge in [0, 0.05) is 72.0 Å². The Morgan fingerprint density at radius 2 is 1.51 bits per heavy atom. The van der Waals surface area contributed by atoms with Crippen LogP contribution >= 0.6 is 23.2 Å². The summed E-state index contributed by atoms with van der Waals surface area (Å²) in [6.07, 6.45) is 6.71. The largest absolute Gasteiger partial charge is 0.351 e. The molecule has 0 N–H and O–H groups in total. The van der Waals surface area contributed by atoms with Crippen LogP contribution in [0.2, 0.25) is 10.0 Å². The van der Waals surface area contributed by atoms with Crippen LogP contribution in [0.1, 0.15) is 55.6 Å². The molecule has 0 amide bonds. The first-order valence-corrected chi connectivity index (χ1v) is 13.0. The minimum Gasteiger partial charge on any atom is -0.351 e. The monoisotopic (exact) mass is 504 g/mol. The maximum absolute atomic E-state index is 13.4. The maximum atomic E-state index is 13.4. The summed E-state index contributed by atoms with van der Waals surface area (Å²) < 4.78 is 2.20. The van der Waals surface area contributed by atoms with Crippen molar-refractivity contribution in [3.8, 4) is 0 Å². The lowest BCUT2D eigenvalue weighted by molar-refractivity contribution is -0.117. The Morgan fingerprint density at radius 1 is 0.857 bits per heavy atom. The number of benzene rings is 2. The van der Waals surface area contributed by atoms with Crippen LogP contribution in [0, 0.1) is 0 Å². The summed E-state index contributed by atoms with van der Waals surface area (Å²) in [6.45, 7) is 0.615. The highest BCUT2D eigenvalue weighted by Crippen LogP contribution is 2.50. The Kier molecular flexibility index (Phi) is 5.62. The quantitative estimate of drug-likeness (QED) is 0.384. The van der Waals surface area contributed by atoms with Crippen molar-refractivity contribution in [3.05, 3.63) is 92.4 Å². The summed E-state index contributed by atoms with van der Waals surface area (Å²) in [5.74, 6) is 0.0421. The highest BCUT2D eigenvalue weighted by molar-refractivity contribution is 6.42. The van der Waals surface area contributed by atoms with E-state index < -0.39 is 0 Å². The van der Waals surface area contributed by atoms with Gasteiger partial charge >= 0.3 is 0 Å². The molecule has 2 aromatic carbocycles. The highest BCUT2D eigenvalue weighted by Gasteiger charge is 2.43. The Labute approximate surface area is 214 Å². The molecule has 6 heteroatoms. The lowest BCUT2D eigenvalue weighted by Crippen LogP contribution is -2.37. The molecule has 4 nitrogen and oxygen atoms in total. The number of hydrogen-bond acceptors (Lipinski definition) is 3. The number of Topliss-reactive ketones (excluding diaryl/α,β-unsaturated/α-hetero) is 2. The van der Waals surface area contributed by atoms with Crippen molar-refractivity contribution in [3.63, 3.8) is 0 Å². The van der Waals surface area contributed by atoms with Gasteiger partial charge in [0.1, 0.15) is 0 Å². The van der Waals surface area contributed by atoms with Crippen LogP contribution in [0.5, 0.6) is 0 Å². The van der Waals surface area contributed by atoms with Crippen molar-refractivity contribution >= 4 is 45.7 Å². The van der Waals surface area contributed by atoms with Gasteiger partial charge in [0.15, 0.2) is 11.6 Å².